The molecule has 0 saturated heterocycles. The molecule has 2 aromatic heterocycles. The lowest BCUT2D eigenvalue weighted by molar-refractivity contribution is 0.938. The van der Waals surface area contributed by atoms with E-state index in [1.165, 1.54) is 12.8 Å². The maximum atomic E-state index is 4.80. The highest BCUT2D eigenvalue weighted by Gasteiger charge is 2.29. The molecule has 3 rings (SSSR count). The van der Waals surface area contributed by atoms with E-state index in [0.29, 0.717) is 5.92 Å². The van der Waals surface area contributed by atoms with Gasteiger partial charge in [-0.1, -0.05) is 6.92 Å². The quantitative estimate of drug-likeness (QED) is 0.876. The predicted molar refractivity (Wildman–Crippen MR) is 88.5 cm³/mol. The standard InChI is InChI=1S/C16H19BrN4/c1-3-7-19-16-13(17)14(11-4-5-11)20-15(21-16)12-9-18-8-6-10(12)2/h6,8-9,11H,3-5,7H2,1-2H3,(H,19,20,21). The summed E-state index contributed by atoms with van der Waals surface area (Å²) in [4.78, 5) is 13.7. The molecule has 2 aromatic rings. The van der Waals surface area contributed by atoms with Crippen LogP contribution >= 0.6 is 15.9 Å². The number of nitrogens with zero attached hydrogens (tertiary/aromatic N) is 3. The molecule has 1 fully saturated rings. The number of hydrogen-bond donors (Lipinski definition) is 1. The zero-order valence-corrected chi connectivity index (χ0v) is 13.9. The van der Waals surface area contributed by atoms with Crippen molar-refractivity contribution in [3.63, 3.8) is 0 Å². The summed E-state index contributed by atoms with van der Waals surface area (Å²) in [5, 5.41) is 3.40. The van der Waals surface area contributed by atoms with Gasteiger partial charge < -0.3 is 5.32 Å². The molecular weight excluding hydrogens is 328 g/mol. The summed E-state index contributed by atoms with van der Waals surface area (Å²) in [5.74, 6) is 2.23. The van der Waals surface area contributed by atoms with E-state index in [0.717, 1.165) is 45.9 Å². The Labute approximate surface area is 133 Å². The minimum atomic E-state index is 0.570. The first kappa shape index (κ1) is 14.4. The van der Waals surface area contributed by atoms with Crippen LogP contribution in [0, 0.1) is 6.92 Å². The van der Waals surface area contributed by atoms with E-state index in [4.69, 9.17) is 9.97 Å². The van der Waals surface area contributed by atoms with Gasteiger partial charge in [-0.05, 0) is 53.7 Å². The van der Waals surface area contributed by atoms with Gasteiger partial charge in [0.1, 0.15) is 5.82 Å². The largest absolute Gasteiger partial charge is 0.369 e. The second-order valence-corrected chi connectivity index (χ2v) is 6.28. The van der Waals surface area contributed by atoms with Crippen molar-refractivity contribution in [2.45, 2.75) is 39.0 Å². The topological polar surface area (TPSA) is 50.7 Å². The Morgan fingerprint density at radius 3 is 2.81 bits per heavy atom. The summed E-state index contributed by atoms with van der Waals surface area (Å²) in [5.41, 5.74) is 3.28. The normalized spacial score (nSPS) is 14.2. The molecule has 4 nitrogen and oxygen atoms in total. The molecule has 1 N–H and O–H groups in total. The molecule has 1 aliphatic carbocycles. The van der Waals surface area contributed by atoms with Crippen molar-refractivity contribution in [3.05, 3.63) is 34.2 Å². The molecule has 2 heterocycles. The molecular formula is C16H19BrN4. The minimum absolute atomic E-state index is 0.570. The van der Waals surface area contributed by atoms with E-state index in [2.05, 4.69) is 40.1 Å². The number of rotatable bonds is 5. The molecule has 0 aromatic carbocycles. The van der Waals surface area contributed by atoms with Crippen LogP contribution in [0.2, 0.25) is 0 Å². The van der Waals surface area contributed by atoms with E-state index >= 15 is 0 Å². The predicted octanol–water partition coefficient (Wildman–Crippen LogP) is 4.31. The molecule has 0 spiro atoms. The van der Waals surface area contributed by atoms with Crippen LogP contribution in [-0.2, 0) is 0 Å². The number of pyridine rings is 1. The first-order valence-corrected chi connectivity index (χ1v) is 8.22. The second-order valence-electron chi connectivity index (χ2n) is 5.49. The van der Waals surface area contributed by atoms with Crippen LogP contribution in [0.25, 0.3) is 11.4 Å². The highest BCUT2D eigenvalue weighted by molar-refractivity contribution is 9.10. The Hall–Kier alpha value is -1.49. The second kappa shape index (κ2) is 6.10. The van der Waals surface area contributed by atoms with Crippen LogP contribution in [0.5, 0.6) is 0 Å². The number of aromatic nitrogens is 3. The van der Waals surface area contributed by atoms with Crippen molar-refractivity contribution in [2.24, 2.45) is 0 Å². The van der Waals surface area contributed by atoms with Gasteiger partial charge in [0.05, 0.1) is 10.2 Å². The Balaban J connectivity index is 2.08. The van der Waals surface area contributed by atoms with Crippen LogP contribution < -0.4 is 5.32 Å². The molecule has 21 heavy (non-hydrogen) atoms. The molecule has 0 radical (unpaired) electrons. The molecule has 1 aliphatic rings. The third-order valence-electron chi connectivity index (χ3n) is 3.66. The molecule has 0 unspecified atom stereocenters. The maximum Gasteiger partial charge on any atom is 0.163 e. The lowest BCUT2D eigenvalue weighted by Gasteiger charge is -2.13. The maximum absolute atomic E-state index is 4.80. The summed E-state index contributed by atoms with van der Waals surface area (Å²) in [6.45, 7) is 5.12. The highest BCUT2D eigenvalue weighted by atomic mass is 79.9. The van der Waals surface area contributed by atoms with Crippen LogP contribution in [0.3, 0.4) is 0 Å². The van der Waals surface area contributed by atoms with E-state index in [9.17, 15) is 0 Å². The zero-order valence-electron chi connectivity index (χ0n) is 12.4. The van der Waals surface area contributed by atoms with Crippen molar-refractivity contribution in [1.29, 1.82) is 0 Å². The molecule has 1 saturated carbocycles. The van der Waals surface area contributed by atoms with Gasteiger partial charge in [0.15, 0.2) is 5.82 Å². The van der Waals surface area contributed by atoms with Crippen molar-refractivity contribution >= 4 is 21.7 Å². The van der Waals surface area contributed by atoms with Crippen molar-refractivity contribution in [2.75, 3.05) is 11.9 Å². The van der Waals surface area contributed by atoms with Gasteiger partial charge in [-0.25, -0.2) is 9.97 Å². The summed E-state index contributed by atoms with van der Waals surface area (Å²) >= 11 is 3.67. The van der Waals surface area contributed by atoms with Crippen LogP contribution in [0.1, 0.15) is 43.4 Å². The van der Waals surface area contributed by atoms with Gasteiger partial charge >= 0.3 is 0 Å². The van der Waals surface area contributed by atoms with Gasteiger partial charge in [-0.3, -0.25) is 4.98 Å². The molecule has 5 heteroatoms. The monoisotopic (exact) mass is 346 g/mol. The van der Waals surface area contributed by atoms with Gasteiger partial charge in [-0.15, -0.1) is 0 Å². The third-order valence-corrected chi connectivity index (χ3v) is 4.45. The van der Waals surface area contributed by atoms with E-state index in [-0.39, 0.29) is 0 Å². The molecule has 0 amide bonds. The van der Waals surface area contributed by atoms with Crippen LogP contribution in [0.15, 0.2) is 22.9 Å². The fourth-order valence-electron chi connectivity index (χ4n) is 2.27. The molecule has 0 atom stereocenters. The highest BCUT2D eigenvalue weighted by Crippen LogP contribution is 2.44. The van der Waals surface area contributed by atoms with E-state index < -0.39 is 0 Å². The molecule has 0 aliphatic heterocycles. The van der Waals surface area contributed by atoms with Crippen molar-refractivity contribution < 1.29 is 0 Å². The SMILES string of the molecule is CCCNc1nc(-c2cnccc2C)nc(C2CC2)c1Br. The van der Waals surface area contributed by atoms with Crippen molar-refractivity contribution in [3.8, 4) is 11.4 Å². The molecule has 110 valence electrons. The number of halogens is 1. The smallest absolute Gasteiger partial charge is 0.163 e. The lowest BCUT2D eigenvalue weighted by Crippen LogP contribution is -2.07. The number of aryl methyl sites for hydroxylation is 1. The number of nitrogens with one attached hydrogen (secondary N) is 1. The fourth-order valence-corrected chi connectivity index (χ4v) is 2.91. The Bertz CT molecular complexity index is 653. The minimum Gasteiger partial charge on any atom is -0.369 e. The first-order chi connectivity index (χ1) is 10.2. The zero-order chi connectivity index (χ0) is 14.8. The summed E-state index contributed by atoms with van der Waals surface area (Å²) in [6.07, 6.45) is 7.15. The van der Waals surface area contributed by atoms with Crippen LogP contribution in [-0.4, -0.2) is 21.5 Å². The van der Waals surface area contributed by atoms with Gasteiger partial charge in [-0.2, -0.15) is 0 Å². The third kappa shape index (κ3) is 3.07. The van der Waals surface area contributed by atoms with E-state index in [1.54, 1.807) is 6.20 Å². The lowest BCUT2D eigenvalue weighted by atomic mass is 10.1. The van der Waals surface area contributed by atoms with Gasteiger partial charge in [0.2, 0.25) is 0 Å². The average Bonchev–Trinajstić information content (AvgIpc) is 3.31. The van der Waals surface area contributed by atoms with Gasteiger partial charge in [0, 0.05) is 30.4 Å². The fraction of sp³-hybridized carbons (Fsp3) is 0.438. The number of anilines is 1. The number of hydrogen-bond acceptors (Lipinski definition) is 4. The van der Waals surface area contributed by atoms with Crippen LogP contribution in [0.4, 0.5) is 5.82 Å². The Kier molecular flexibility index (Phi) is 4.19. The van der Waals surface area contributed by atoms with E-state index in [1.807, 2.05) is 12.3 Å². The summed E-state index contributed by atoms with van der Waals surface area (Å²) in [7, 11) is 0. The summed E-state index contributed by atoms with van der Waals surface area (Å²) in [6, 6.07) is 2.00. The Morgan fingerprint density at radius 1 is 1.33 bits per heavy atom. The average molecular weight is 347 g/mol. The summed E-state index contributed by atoms with van der Waals surface area (Å²) < 4.78 is 1.02. The Morgan fingerprint density at radius 2 is 2.14 bits per heavy atom. The van der Waals surface area contributed by atoms with Gasteiger partial charge in [0.25, 0.3) is 0 Å². The first-order valence-electron chi connectivity index (χ1n) is 7.43. The molecule has 0 bridgehead atoms. The van der Waals surface area contributed by atoms with Crippen molar-refractivity contribution in [1.82, 2.24) is 15.0 Å².